The molecule has 5 aliphatic carbocycles. The molecule has 5 fully saturated rings. The second-order valence-electron chi connectivity index (χ2n) is 12.3. The smallest absolute Gasteiger partial charge is 0.165 e. The predicted octanol–water partition coefficient (Wildman–Crippen LogP) is 4.87. The predicted molar refractivity (Wildman–Crippen MR) is 133 cm³/mol. The fourth-order valence-electron chi connectivity index (χ4n) is 10.2. The lowest BCUT2D eigenvalue weighted by atomic mass is 9.40. The second-order valence-corrected chi connectivity index (χ2v) is 14.3. The molecular weight excluding hydrogens is 513 g/mol. The zero-order chi connectivity index (χ0) is 22.5. The number of benzene rings is 1. The molecule has 10 atom stereocenters. The molecule has 1 saturated heterocycles. The number of methoxy groups -OCH3 is 1. The highest BCUT2D eigenvalue weighted by molar-refractivity contribution is 14.1. The van der Waals surface area contributed by atoms with Gasteiger partial charge in [0.05, 0.1) is 16.1 Å². The number of hydrogen-bond acceptors (Lipinski definition) is 4. The van der Waals surface area contributed by atoms with Gasteiger partial charge in [-0.15, -0.1) is 0 Å². The van der Waals surface area contributed by atoms with Crippen molar-refractivity contribution >= 4 is 22.6 Å². The average Bonchev–Trinajstić information content (AvgIpc) is 3.07. The number of ether oxygens (including phenoxy) is 2. The Bertz CT molecular complexity index is 1040. The first kappa shape index (κ1) is 20.8. The van der Waals surface area contributed by atoms with Crippen LogP contribution in [0.1, 0.15) is 70.4 Å². The summed E-state index contributed by atoms with van der Waals surface area (Å²) in [6.07, 6.45) is 8.23. The van der Waals surface area contributed by atoms with Crippen LogP contribution in [-0.2, 0) is 11.8 Å². The van der Waals surface area contributed by atoms with E-state index >= 15 is 0 Å². The van der Waals surface area contributed by atoms with Gasteiger partial charge in [-0.05, 0) is 70.0 Å². The van der Waals surface area contributed by atoms with Crippen LogP contribution in [0, 0.1) is 17.3 Å². The first-order chi connectivity index (χ1) is 15.1. The summed E-state index contributed by atoms with van der Waals surface area (Å²) in [6.45, 7) is 6.65. The zero-order valence-corrected chi connectivity index (χ0v) is 22.2. The summed E-state index contributed by atoms with van der Waals surface area (Å²) in [4.78, 5) is 2.70. The van der Waals surface area contributed by atoms with Crippen molar-refractivity contribution in [3.63, 3.8) is 0 Å². The van der Waals surface area contributed by atoms with Crippen molar-refractivity contribution < 1.29 is 14.6 Å². The summed E-state index contributed by atoms with van der Waals surface area (Å²) >= 11 is 2.76. The summed E-state index contributed by atoms with van der Waals surface area (Å²) in [5, 5.41) is 12.1. The van der Waals surface area contributed by atoms with Gasteiger partial charge in [0.25, 0.3) is 0 Å². The Hall–Kier alpha value is -0.530. The Morgan fingerprint density at radius 2 is 2.16 bits per heavy atom. The maximum Gasteiger partial charge on any atom is 0.165 e. The highest BCUT2D eigenvalue weighted by Gasteiger charge is 2.91. The van der Waals surface area contributed by atoms with Crippen LogP contribution in [0.5, 0.6) is 11.5 Å². The lowest BCUT2D eigenvalue weighted by Crippen LogP contribution is -2.75. The van der Waals surface area contributed by atoms with Gasteiger partial charge < -0.3 is 14.6 Å². The molecule has 0 amide bonds. The third-order valence-electron chi connectivity index (χ3n) is 11.5. The quantitative estimate of drug-likeness (QED) is 0.324. The molecule has 7 aliphatic rings. The number of fused-ring (bicyclic) bond motifs is 2. The van der Waals surface area contributed by atoms with Gasteiger partial charge in [-0.1, -0.05) is 48.9 Å². The summed E-state index contributed by atoms with van der Waals surface area (Å²) in [5.41, 5.74) is 2.88. The van der Waals surface area contributed by atoms with E-state index in [-0.39, 0.29) is 32.2 Å². The van der Waals surface area contributed by atoms with E-state index in [1.807, 2.05) is 0 Å². The normalized spacial score (nSPS) is 50.8. The largest absolute Gasteiger partial charge is 0.493 e. The zero-order valence-electron chi connectivity index (χ0n) is 20.0. The van der Waals surface area contributed by atoms with Crippen molar-refractivity contribution in [2.24, 2.45) is 17.3 Å². The maximum atomic E-state index is 12.1. The lowest BCUT2D eigenvalue weighted by Gasteiger charge is -2.68. The number of aliphatic hydroxyl groups is 1. The van der Waals surface area contributed by atoms with E-state index in [1.165, 1.54) is 24.0 Å². The monoisotopic (exact) mass is 549 g/mol. The van der Waals surface area contributed by atoms with Gasteiger partial charge in [0, 0.05) is 33.9 Å². The van der Waals surface area contributed by atoms with Gasteiger partial charge in [0.15, 0.2) is 11.5 Å². The number of likely N-dealkylation sites (N-methyl/N-ethyl adjacent to an activating group) is 1. The molecule has 3 spiro atoms. The van der Waals surface area contributed by atoms with Crippen molar-refractivity contribution in [2.45, 2.75) is 97.8 Å². The molecule has 4 nitrogen and oxygen atoms in total. The Labute approximate surface area is 205 Å². The SMILES string of the molecule is CCCC(C)C(C)(O)C1C[C@]23CCC1(I)C1Oc4c(OC)ccc5c4C12CC1(C5)C3N1C. The third kappa shape index (κ3) is 1.86. The average molecular weight is 549 g/mol. The molecule has 2 aliphatic heterocycles. The topological polar surface area (TPSA) is 41.7 Å². The summed E-state index contributed by atoms with van der Waals surface area (Å²) in [5.74, 6) is 2.46. The number of piperidine rings is 1. The molecule has 32 heavy (non-hydrogen) atoms. The number of likely N-dealkylation sites (tertiary alicyclic amines) is 1. The van der Waals surface area contributed by atoms with Gasteiger partial charge >= 0.3 is 0 Å². The number of alkyl halides is 1. The molecule has 9 unspecified atom stereocenters. The maximum absolute atomic E-state index is 12.1. The molecule has 4 saturated carbocycles. The van der Waals surface area contributed by atoms with E-state index in [9.17, 15) is 5.11 Å². The van der Waals surface area contributed by atoms with Crippen LogP contribution in [0.4, 0.5) is 0 Å². The van der Waals surface area contributed by atoms with Crippen LogP contribution >= 0.6 is 22.6 Å². The molecule has 0 radical (unpaired) electrons. The minimum atomic E-state index is -0.686. The highest BCUT2D eigenvalue weighted by Crippen LogP contribution is 2.86. The Balaban J connectivity index is 1.46. The van der Waals surface area contributed by atoms with Gasteiger partial charge in [-0.3, -0.25) is 4.90 Å². The molecule has 1 aromatic rings. The second kappa shape index (κ2) is 5.81. The van der Waals surface area contributed by atoms with E-state index in [2.05, 4.69) is 67.4 Å². The van der Waals surface area contributed by atoms with Crippen molar-refractivity contribution in [2.75, 3.05) is 14.2 Å². The van der Waals surface area contributed by atoms with Crippen LogP contribution in [0.25, 0.3) is 0 Å². The highest BCUT2D eigenvalue weighted by atomic mass is 127. The van der Waals surface area contributed by atoms with Crippen molar-refractivity contribution in [1.82, 2.24) is 4.90 Å². The van der Waals surface area contributed by atoms with E-state index in [4.69, 9.17) is 9.47 Å². The minimum absolute atomic E-state index is 0.0554. The summed E-state index contributed by atoms with van der Waals surface area (Å²) in [7, 11) is 4.13. The van der Waals surface area contributed by atoms with Crippen LogP contribution in [0.15, 0.2) is 12.1 Å². The molecule has 1 aromatic carbocycles. The fraction of sp³-hybridized carbons (Fsp3) is 0.778. The molecule has 2 heterocycles. The van der Waals surface area contributed by atoms with Gasteiger partial charge in [-0.2, -0.15) is 0 Å². The summed E-state index contributed by atoms with van der Waals surface area (Å²) < 4.78 is 12.9. The Morgan fingerprint density at radius 3 is 2.88 bits per heavy atom. The number of hydrogen-bond donors (Lipinski definition) is 1. The Kier molecular flexibility index (Phi) is 3.78. The fourth-order valence-corrected chi connectivity index (χ4v) is 11.9. The van der Waals surface area contributed by atoms with Gasteiger partial charge in [0.2, 0.25) is 0 Å². The molecular formula is C27H36INO3. The summed E-state index contributed by atoms with van der Waals surface area (Å²) in [6, 6.07) is 5.08. The van der Waals surface area contributed by atoms with Crippen LogP contribution in [0.2, 0.25) is 0 Å². The molecule has 0 aromatic heterocycles. The van der Waals surface area contributed by atoms with Crippen molar-refractivity contribution in [3.8, 4) is 11.5 Å². The molecule has 174 valence electrons. The van der Waals surface area contributed by atoms with Crippen LogP contribution in [0.3, 0.4) is 0 Å². The van der Waals surface area contributed by atoms with E-state index in [0.29, 0.717) is 11.6 Å². The van der Waals surface area contributed by atoms with Gasteiger partial charge in [-0.25, -0.2) is 0 Å². The molecule has 4 bridgehead atoms. The standard InChI is InChI=1S/C27H36INO3/c1-6-7-15(2)23(3,30)18-13-24-10-11-27(18,28)22-26(24)14-25(21(24)29(25)4)12-16-8-9-17(31-5)20(32-22)19(16)26/h8-9,15,18,21-22,30H,6-7,10-14H2,1-5H3/t15?,18?,21?,22?,23?,24-,25?,26?,27?,29?/m0/s1. The van der Waals surface area contributed by atoms with Gasteiger partial charge in [0.1, 0.15) is 6.10 Å². The van der Waals surface area contributed by atoms with Crippen LogP contribution in [-0.4, -0.2) is 50.9 Å². The number of nitrogens with zero attached hydrogens (tertiary/aromatic N) is 1. The van der Waals surface area contributed by atoms with E-state index in [1.54, 1.807) is 7.11 Å². The molecule has 1 N–H and O–H groups in total. The Morgan fingerprint density at radius 1 is 1.38 bits per heavy atom. The first-order valence-electron chi connectivity index (χ1n) is 12.7. The minimum Gasteiger partial charge on any atom is -0.493 e. The lowest BCUT2D eigenvalue weighted by molar-refractivity contribution is -0.175. The van der Waals surface area contributed by atoms with E-state index < -0.39 is 5.60 Å². The molecule has 8 rings (SSSR count). The van der Waals surface area contributed by atoms with E-state index in [0.717, 1.165) is 43.6 Å². The number of halogens is 1. The van der Waals surface area contributed by atoms with Crippen molar-refractivity contribution in [1.29, 1.82) is 0 Å². The number of rotatable bonds is 5. The molecule has 5 heteroatoms. The van der Waals surface area contributed by atoms with Crippen LogP contribution < -0.4 is 9.47 Å². The third-order valence-corrected chi connectivity index (χ3v) is 13.4. The van der Waals surface area contributed by atoms with Crippen molar-refractivity contribution in [3.05, 3.63) is 23.3 Å². The first-order valence-corrected chi connectivity index (χ1v) is 13.7.